The molecule has 2 rings (SSSR count). The minimum Gasteiger partial charge on any atom is -0.497 e. The van der Waals surface area contributed by atoms with Crippen LogP contribution in [-0.4, -0.2) is 19.1 Å². The Morgan fingerprint density at radius 3 is 2.65 bits per heavy atom. The summed E-state index contributed by atoms with van der Waals surface area (Å²) in [6, 6.07) is 11.0. The largest absolute Gasteiger partial charge is 0.497 e. The molecule has 1 aromatic heterocycles. The van der Waals surface area contributed by atoms with Crippen molar-refractivity contribution in [3.63, 3.8) is 0 Å². The van der Waals surface area contributed by atoms with Crippen LogP contribution in [-0.2, 0) is 6.42 Å². The molecule has 0 saturated carbocycles. The highest BCUT2D eigenvalue weighted by atomic mass is 16.5. The first kappa shape index (κ1) is 14.2. The molecule has 0 spiro atoms. The van der Waals surface area contributed by atoms with E-state index in [1.807, 2.05) is 19.1 Å². The van der Waals surface area contributed by atoms with Gasteiger partial charge in [0.2, 0.25) is 0 Å². The third-order valence-electron chi connectivity index (χ3n) is 3.13. The molecule has 1 unspecified atom stereocenters. The van der Waals surface area contributed by atoms with Gasteiger partial charge in [-0.2, -0.15) is 0 Å². The highest BCUT2D eigenvalue weighted by Crippen LogP contribution is 2.12. The first-order valence-corrected chi connectivity index (χ1v) is 6.66. The number of aryl methyl sites for hydroxylation is 1. The standard InChI is InChI=1S/C16H19NO3/c1-12(5-8-15-4-3-11-20-15)17-16(18)13-6-9-14(19-2)10-7-13/h3-4,6-7,9-12H,5,8H2,1-2H3,(H,17,18). The van der Waals surface area contributed by atoms with Crippen molar-refractivity contribution in [2.24, 2.45) is 0 Å². The minimum absolute atomic E-state index is 0.0698. The lowest BCUT2D eigenvalue weighted by molar-refractivity contribution is 0.0938. The van der Waals surface area contributed by atoms with Crippen molar-refractivity contribution < 1.29 is 13.9 Å². The van der Waals surface area contributed by atoms with Gasteiger partial charge in [-0.05, 0) is 49.7 Å². The number of carbonyl (C=O) groups is 1. The Balaban J connectivity index is 1.83. The molecule has 0 bridgehead atoms. The number of carbonyl (C=O) groups excluding carboxylic acids is 1. The maximum atomic E-state index is 12.0. The normalized spacial score (nSPS) is 11.9. The first-order chi connectivity index (χ1) is 9.69. The number of hydrogen-bond donors (Lipinski definition) is 1. The van der Waals surface area contributed by atoms with Gasteiger partial charge < -0.3 is 14.5 Å². The number of amides is 1. The molecule has 1 aromatic carbocycles. The Bertz CT molecular complexity index is 531. The fraction of sp³-hybridized carbons (Fsp3) is 0.312. The average molecular weight is 273 g/mol. The molecule has 1 atom stereocenters. The average Bonchev–Trinajstić information content (AvgIpc) is 2.98. The number of furan rings is 1. The number of ether oxygens (including phenoxy) is 1. The van der Waals surface area contributed by atoms with E-state index in [-0.39, 0.29) is 11.9 Å². The maximum absolute atomic E-state index is 12.0. The zero-order chi connectivity index (χ0) is 14.4. The molecule has 0 radical (unpaired) electrons. The van der Waals surface area contributed by atoms with Crippen LogP contribution in [0.15, 0.2) is 47.1 Å². The Morgan fingerprint density at radius 1 is 1.30 bits per heavy atom. The monoisotopic (exact) mass is 273 g/mol. The number of methoxy groups -OCH3 is 1. The summed E-state index contributed by atoms with van der Waals surface area (Å²) < 4.78 is 10.3. The number of rotatable bonds is 6. The molecule has 0 saturated heterocycles. The molecule has 1 heterocycles. The molecular formula is C16H19NO3. The molecule has 4 heteroatoms. The zero-order valence-electron chi connectivity index (χ0n) is 11.8. The Labute approximate surface area is 118 Å². The van der Waals surface area contributed by atoms with Gasteiger partial charge in [0.05, 0.1) is 13.4 Å². The van der Waals surface area contributed by atoms with Crippen molar-refractivity contribution in [1.29, 1.82) is 0 Å². The predicted molar refractivity (Wildman–Crippen MR) is 77.0 cm³/mol. The van der Waals surface area contributed by atoms with Crippen LogP contribution in [0.25, 0.3) is 0 Å². The van der Waals surface area contributed by atoms with E-state index in [1.165, 1.54) is 0 Å². The third-order valence-corrected chi connectivity index (χ3v) is 3.13. The molecule has 0 aliphatic heterocycles. The Morgan fingerprint density at radius 2 is 2.05 bits per heavy atom. The van der Waals surface area contributed by atoms with Crippen molar-refractivity contribution in [3.05, 3.63) is 54.0 Å². The highest BCUT2D eigenvalue weighted by Gasteiger charge is 2.10. The van der Waals surface area contributed by atoms with Gasteiger partial charge in [-0.1, -0.05) is 0 Å². The van der Waals surface area contributed by atoms with Crippen molar-refractivity contribution in [3.8, 4) is 5.75 Å². The van der Waals surface area contributed by atoms with Crippen molar-refractivity contribution in [1.82, 2.24) is 5.32 Å². The lowest BCUT2D eigenvalue weighted by Gasteiger charge is -2.13. The van der Waals surface area contributed by atoms with Gasteiger partial charge in [0, 0.05) is 18.0 Å². The van der Waals surface area contributed by atoms with Crippen LogP contribution in [0.3, 0.4) is 0 Å². The molecule has 0 fully saturated rings. The van der Waals surface area contributed by atoms with E-state index < -0.39 is 0 Å². The summed E-state index contributed by atoms with van der Waals surface area (Å²) in [4.78, 5) is 12.0. The second-order valence-corrected chi connectivity index (χ2v) is 4.72. The quantitative estimate of drug-likeness (QED) is 0.880. The molecular weight excluding hydrogens is 254 g/mol. The minimum atomic E-state index is -0.0698. The van der Waals surface area contributed by atoms with Gasteiger partial charge in [-0.15, -0.1) is 0 Å². The summed E-state index contributed by atoms with van der Waals surface area (Å²) in [5.74, 6) is 1.61. The zero-order valence-corrected chi connectivity index (χ0v) is 11.8. The lowest BCUT2D eigenvalue weighted by atomic mass is 10.1. The first-order valence-electron chi connectivity index (χ1n) is 6.66. The van der Waals surface area contributed by atoms with E-state index in [0.717, 1.165) is 24.4 Å². The van der Waals surface area contributed by atoms with Crippen LogP contribution in [0.1, 0.15) is 29.5 Å². The topological polar surface area (TPSA) is 51.5 Å². The van der Waals surface area contributed by atoms with E-state index in [0.29, 0.717) is 5.56 Å². The number of nitrogens with one attached hydrogen (secondary N) is 1. The maximum Gasteiger partial charge on any atom is 0.251 e. The van der Waals surface area contributed by atoms with Crippen LogP contribution in [0.4, 0.5) is 0 Å². The Kier molecular flexibility index (Phi) is 4.82. The van der Waals surface area contributed by atoms with E-state index >= 15 is 0 Å². The van der Waals surface area contributed by atoms with E-state index in [2.05, 4.69) is 5.32 Å². The number of benzene rings is 1. The molecule has 1 amide bonds. The summed E-state index contributed by atoms with van der Waals surface area (Å²) in [5.41, 5.74) is 0.635. The van der Waals surface area contributed by atoms with Crippen LogP contribution >= 0.6 is 0 Å². The second kappa shape index (κ2) is 6.80. The van der Waals surface area contributed by atoms with Gasteiger partial charge in [-0.3, -0.25) is 4.79 Å². The SMILES string of the molecule is COc1ccc(C(=O)NC(C)CCc2ccco2)cc1. The molecule has 20 heavy (non-hydrogen) atoms. The van der Waals surface area contributed by atoms with Crippen molar-refractivity contribution in [2.45, 2.75) is 25.8 Å². The van der Waals surface area contributed by atoms with Gasteiger partial charge in [0.1, 0.15) is 11.5 Å². The predicted octanol–water partition coefficient (Wildman–Crippen LogP) is 3.04. The molecule has 2 aromatic rings. The summed E-state index contributed by atoms with van der Waals surface area (Å²) in [7, 11) is 1.60. The van der Waals surface area contributed by atoms with Crippen LogP contribution < -0.4 is 10.1 Å². The molecule has 0 aliphatic rings. The molecule has 106 valence electrons. The summed E-state index contributed by atoms with van der Waals surface area (Å²) in [5, 5.41) is 2.97. The van der Waals surface area contributed by atoms with Crippen molar-refractivity contribution >= 4 is 5.91 Å². The fourth-order valence-corrected chi connectivity index (χ4v) is 1.94. The van der Waals surface area contributed by atoms with Crippen LogP contribution in [0, 0.1) is 0 Å². The van der Waals surface area contributed by atoms with Crippen LogP contribution in [0.5, 0.6) is 5.75 Å². The van der Waals surface area contributed by atoms with Crippen molar-refractivity contribution in [2.75, 3.05) is 7.11 Å². The Hall–Kier alpha value is -2.23. The summed E-state index contributed by atoms with van der Waals surface area (Å²) in [6.45, 7) is 1.99. The van der Waals surface area contributed by atoms with Gasteiger partial charge >= 0.3 is 0 Å². The second-order valence-electron chi connectivity index (χ2n) is 4.72. The number of hydrogen-bond acceptors (Lipinski definition) is 3. The van der Waals surface area contributed by atoms with E-state index in [1.54, 1.807) is 37.6 Å². The summed E-state index contributed by atoms with van der Waals surface area (Å²) in [6.07, 6.45) is 3.32. The smallest absolute Gasteiger partial charge is 0.251 e. The van der Waals surface area contributed by atoms with Gasteiger partial charge in [0.25, 0.3) is 5.91 Å². The molecule has 0 aliphatic carbocycles. The molecule has 1 N–H and O–H groups in total. The third kappa shape index (κ3) is 3.88. The lowest BCUT2D eigenvalue weighted by Crippen LogP contribution is -2.32. The van der Waals surface area contributed by atoms with E-state index in [4.69, 9.17) is 9.15 Å². The van der Waals surface area contributed by atoms with Gasteiger partial charge in [-0.25, -0.2) is 0 Å². The van der Waals surface area contributed by atoms with Crippen LogP contribution in [0.2, 0.25) is 0 Å². The summed E-state index contributed by atoms with van der Waals surface area (Å²) >= 11 is 0. The highest BCUT2D eigenvalue weighted by molar-refractivity contribution is 5.94. The molecule has 4 nitrogen and oxygen atoms in total. The van der Waals surface area contributed by atoms with E-state index in [9.17, 15) is 4.79 Å². The van der Waals surface area contributed by atoms with Gasteiger partial charge in [0.15, 0.2) is 0 Å². The fourth-order valence-electron chi connectivity index (χ4n) is 1.94.